The zero-order valence-electron chi connectivity index (χ0n) is 11.6. The highest BCUT2D eigenvalue weighted by Gasteiger charge is 2.14. The van der Waals surface area contributed by atoms with Crippen LogP contribution >= 0.6 is 0 Å². The Morgan fingerprint density at radius 1 is 1.05 bits per heavy atom. The van der Waals surface area contributed by atoms with Gasteiger partial charge in [-0.15, -0.1) is 0 Å². The Labute approximate surface area is 112 Å². The molecule has 0 saturated carbocycles. The zero-order chi connectivity index (χ0) is 14.4. The largest absolute Gasteiger partial charge is 0.493 e. The van der Waals surface area contributed by atoms with E-state index in [1.807, 2.05) is 0 Å². The smallest absolute Gasteiger partial charge is 0.302 e. The molecule has 104 valence electrons. The van der Waals surface area contributed by atoms with E-state index < -0.39 is 0 Å². The van der Waals surface area contributed by atoms with E-state index in [1.165, 1.54) is 28.1 Å². The highest BCUT2D eigenvalue weighted by Crippen LogP contribution is 2.31. The maximum atomic E-state index is 11.6. The summed E-state index contributed by atoms with van der Waals surface area (Å²) in [6, 6.07) is 3.38. The molecule has 0 aliphatic carbocycles. The van der Waals surface area contributed by atoms with Crippen molar-refractivity contribution < 1.29 is 23.8 Å². The number of hydrogen-bond acceptors (Lipinski definition) is 5. The van der Waals surface area contributed by atoms with Gasteiger partial charge in [-0.25, -0.2) is 0 Å². The van der Waals surface area contributed by atoms with Gasteiger partial charge in [0.1, 0.15) is 0 Å². The number of Topliss-reactive ketones (excluding diaryl/α,β-unsaturated/α-hetero) is 1. The van der Waals surface area contributed by atoms with Crippen molar-refractivity contribution in [3.05, 3.63) is 23.3 Å². The molecule has 1 aromatic carbocycles. The minimum Gasteiger partial charge on any atom is -0.493 e. The third kappa shape index (κ3) is 3.98. The van der Waals surface area contributed by atoms with Crippen molar-refractivity contribution in [2.75, 3.05) is 20.8 Å². The molecule has 1 rings (SSSR count). The van der Waals surface area contributed by atoms with Crippen LogP contribution in [0.3, 0.4) is 0 Å². The lowest BCUT2D eigenvalue weighted by Crippen LogP contribution is -2.08. The quantitative estimate of drug-likeness (QED) is 0.582. The first kappa shape index (κ1) is 15.0. The first-order valence-corrected chi connectivity index (χ1v) is 5.88. The summed E-state index contributed by atoms with van der Waals surface area (Å²) in [5.41, 5.74) is 1.32. The highest BCUT2D eigenvalue weighted by molar-refractivity contribution is 5.96. The molecule has 0 radical (unpaired) electrons. The van der Waals surface area contributed by atoms with E-state index in [0.717, 1.165) is 5.56 Å². The summed E-state index contributed by atoms with van der Waals surface area (Å²) in [4.78, 5) is 22.4. The van der Waals surface area contributed by atoms with E-state index in [1.54, 1.807) is 12.1 Å². The Balaban J connectivity index is 3.05. The van der Waals surface area contributed by atoms with E-state index >= 15 is 0 Å². The van der Waals surface area contributed by atoms with Crippen molar-refractivity contribution in [2.24, 2.45) is 0 Å². The molecule has 0 spiro atoms. The number of benzene rings is 1. The van der Waals surface area contributed by atoms with E-state index in [9.17, 15) is 9.59 Å². The van der Waals surface area contributed by atoms with E-state index in [0.29, 0.717) is 23.5 Å². The fourth-order valence-corrected chi connectivity index (χ4v) is 1.76. The number of carbonyl (C=O) groups is 2. The molecular formula is C14H18O5. The lowest BCUT2D eigenvalue weighted by atomic mass is 10.0. The van der Waals surface area contributed by atoms with Crippen molar-refractivity contribution in [2.45, 2.75) is 20.3 Å². The van der Waals surface area contributed by atoms with Gasteiger partial charge >= 0.3 is 5.97 Å². The van der Waals surface area contributed by atoms with Gasteiger partial charge in [0.15, 0.2) is 17.3 Å². The molecule has 5 nitrogen and oxygen atoms in total. The Kier molecular flexibility index (Phi) is 5.36. The number of hydrogen-bond donors (Lipinski definition) is 0. The number of methoxy groups -OCH3 is 2. The Morgan fingerprint density at radius 3 is 2.11 bits per heavy atom. The van der Waals surface area contributed by atoms with Gasteiger partial charge in [-0.1, -0.05) is 0 Å². The van der Waals surface area contributed by atoms with Gasteiger partial charge in [0, 0.05) is 18.9 Å². The number of carbonyl (C=O) groups excluding carboxylic acids is 2. The highest BCUT2D eigenvalue weighted by atomic mass is 16.5. The van der Waals surface area contributed by atoms with Gasteiger partial charge < -0.3 is 14.2 Å². The second-order valence-corrected chi connectivity index (χ2v) is 4.01. The molecule has 0 atom stereocenters. The minimum absolute atomic E-state index is 0.0706. The van der Waals surface area contributed by atoms with Crippen molar-refractivity contribution in [3.63, 3.8) is 0 Å². The van der Waals surface area contributed by atoms with E-state index in [-0.39, 0.29) is 18.4 Å². The second-order valence-electron chi connectivity index (χ2n) is 4.01. The SMILES string of the molecule is COc1cc(CCOC(C)=O)c(C(C)=O)cc1OC. The number of rotatable bonds is 6. The lowest BCUT2D eigenvalue weighted by Gasteiger charge is -2.13. The molecule has 0 bridgehead atoms. The maximum absolute atomic E-state index is 11.6. The normalized spacial score (nSPS) is 9.89. The van der Waals surface area contributed by atoms with Crippen LogP contribution in [0.4, 0.5) is 0 Å². The van der Waals surface area contributed by atoms with E-state index in [4.69, 9.17) is 14.2 Å². The fourth-order valence-electron chi connectivity index (χ4n) is 1.76. The molecule has 0 aromatic heterocycles. The Bertz CT molecular complexity index is 479. The molecule has 0 heterocycles. The molecule has 0 unspecified atom stereocenters. The Morgan fingerprint density at radius 2 is 1.63 bits per heavy atom. The fraction of sp³-hybridized carbons (Fsp3) is 0.429. The summed E-state index contributed by atoms with van der Waals surface area (Å²) < 4.78 is 15.2. The summed E-state index contributed by atoms with van der Waals surface area (Å²) in [7, 11) is 3.04. The van der Waals surface area contributed by atoms with Crippen LogP contribution in [-0.2, 0) is 16.0 Å². The molecule has 19 heavy (non-hydrogen) atoms. The van der Waals surface area contributed by atoms with Gasteiger partial charge in [-0.05, 0) is 24.6 Å². The van der Waals surface area contributed by atoms with Gasteiger partial charge in [0.2, 0.25) is 0 Å². The van der Waals surface area contributed by atoms with Gasteiger partial charge in [-0.2, -0.15) is 0 Å². The standard InChI is InChI=1S/C14H18O5/c1-9(15)12-8-14(18-4)13(17-3)7-11(12)5-6-19-10(2)16/h7-8H,5-6H2,1-4H3. The van der Waals surface area contributed by atoms with Crippen molar-refractivity contribution in [1.29, 1.82) is 0 Å². The van der Waals surface area contributed by atoms with Crippen LogP contribution in [-0.4, -0.2) is 32.6 Å². The van der Waals surface area contributed by atoms with Gasteiger partial charge in [0.05, 0.1) is 20.8 Å². The number of ketones is 1. The molecule has 0 aliphatic heterocycles. The number of ether oxygens (including phenoxy) is 3. The molecule has 0 N–H and O–H groups in total. The summed E-state index contributed by atoms with van der Waals surface area (Å²) in [5.74, 6) is 0.637. The van der Waals surface area contributed by atoms with Crippen LogP contribution in [0, 0.1) is 0 Å². The summed E-state index contributed by atoms with van der Waals surface area (Å²) in [6.07, 6.45) is 0.453. The third-order valence-electron chi connectivity index (χ3n) is 2.67. The van der Waals surface area contributed by atoms with Crippen LogP contribution < -0.4 is 9.47 Å². The minimum atomic E-state index is -0.343. The first-order valence-electron chi connectivity index (χ1n) is 5.88. The average Bonchev–Trinajstić information content (AvgIpc) is 2.37. The Hall–Kier alpha value is -2.04. The summed E-state index contributed by atoms with van der Waals surface area (Å²) in [6.45, 7) is 3.06. The maximum Gasteiger partial charge on any atom is 0.302 e. The van der Waals surface area contributed by atoms with Crippen LogP contribution in [0.25, 0.3) is 0 Å². The molecular weight excluding hydrogens is 248 g/mol. The topological polar surface area (TPSA) is 61.8 Å². The van der Waals surface area contributed by atoms with Crippen LogP contribution in [0.5, 0.6) is 11.5 Å². The number of esters is 1. The molecule has 0 amide bonds. The summed E-state index contributed by atoms with van der Waals surface area (Å²) >= 11 is 0. The molecule has 0 aliphatic rings. The molecule has 0 saturated heterocycles. The zero-order valence-corrected chi connectivity index (χ0v) is 11.6. The van der Waals surface area contributed by atoms with Gasteiger partial charge in [0.25, 0.3) is 0 Å². The van der Waals surface area contributed by atoms with Crippen LogP contribution in [0.1, 0.15) is 29.8 Å². The van der Waals surface area contributed by atoms with Crippen molar-refractivity contribution >= 4 is 11.8 Å². The monoisotopic (exact) mass is 266 g/mol. The predicted molar refractivity (Wildman–Crippen MR) is 69.9 cm³/mol. The van der Waals surface area contributed by atoms with Crippen LogP contribution in [0.15, 0.2) is 12.1 Å². The summed E-state index contributed by atoms with van der Waals surface area (Å²) in [5, 5.41) is 0. The molecule has 1 aromatic rings. The third-order valence-corrected chi connectivity index (χ3v) is 2.67. The average molecular weight is 266 g/mol. The van der Waals surface area contributed by atoms with E-state index in [2.05, 4.69) is 0 Å². The van der Waals surface area contributed by atoms with Crippen LogP contribution in [0.2, 0.25) is 0 Å². The molecule has 5 heteroatoms. The van der Waals surface area contributed by atoms with Crippen molar-refractivity contribution in [3.8, 4) is 11.5 Å². The predicted octanol–water partition coefficient (Wildman–Crippen LogP) is 2.01. The lowest BCUT2D eigenvalue weighted by molar-refractivity contribution is -0.140. The van der Waals surface area contributed by atoms with Gasteiger partial charge in [-0.3, -0.25) is 9.59 Å². The van der Waals surface area contributed by atoms with Crippen molar-refractivity contribution in [1.82, 2.24) is 0 Å². The first-order chi connectivity index (χ1) is 8.99. The molecule has 0 fully saturated rings. The second kappa shape index (κ2) is 6.78.